The number of aromatic hydroxyl groups is 1. The lowest BCUT2D eigenvalue weighted by Crippen LogP contribution is -2.29. The largest absolute Gasteiger partial charge is 0.508 e. The molecule has 0 aliphatic rings. The molecule has 8 nitrogen and oxygen atoms in total. The van der Waals surface area contributed by atoms with Gasteiger partial charge < -0.3 is 19.3 Å². The van der Waals surface area contributed by atoms with Crippen LogP contribution in [0.2, 0.25) is 0 Å². The van der Waals surface area contributed by atoms with Crippen LogP contribution in [0.4, 0.5) is 5.13 Å². The molecule has 0 aliphatic heterocycles. The van der Waals surface area contributed by atoms with Gasteiger partial charge >= 0.3 is 0 Å². The molecular formula is C19H19N3O5S. The highest BCUT2D eigenvalue weighted by molar-refractivity contribution is 7.14. The molecule has 0 radical (unpaired) electrons. The maximum atomic E-state index is 12.5. The van der Waals surface area contributed by atoms with E-state index in [2.05, 4.69) is 15.8 Å². The SMILES string of the molecule is COc1cc(C(=O)NNc2nc(-c3cccc(O)c3)cs2)cc(OC)c1OC. The van der Waals surface area contributed by atoms with E-state index in [1.54, 1.807) is 30.3 Å². The summed E-state index contributed by atoms with van der Waals surface area (Å²) in [7, 11) is 4.46. The van der Waals surface area contributed by atoms with Crippen LogP contribution in [0.5, 0.6) is 23.0 Å². The summed E-state index contributed by atoms with van der Waals surface area (Å²) in [5.74, 6) is 0.939. The average Bonchev–Trinajstić information content (AvgIpc) is 3.19. The molecule has 28 heavy (non-hydrogen) atoms. The summed E-state index contributed by atoms with van der Waals surface area (Å²) >= 11 is 1.32. The number of hydrazine groups is 1. The van der Waals surface area contributed by atoms with Crippen molar-refractivity contribution in [3.63, 3.8) is 0 Å². The monoisotopic (exact) mass is 401 g/mol. The van der Waals surface area contributed by atoms with Crippen molar-refractivity contribution in [1.29, 1.82) is 0 Å². The fourth-order valence-corrected chi connectivity index (χ4v) is 3.20. The first-order valence-corrected chi connectivity index (χ1v) is 9.05. The zero-order valence-corrected chi connectivity index (χ0v) is 16.3. The van der Waals surface area contributed by atoms with Crippen LogP contribution in [0.25, 0.3) is 11.3 Å². The van der Waals surface area contributed by atoms with E-state index in [4.69, 9.17) is 14.2 Å². The molecule has 3 rings (SSSR count). The predicted molar refractivity (Wildman–Crippen MR) is 106 cm³/mol. The van der Waals surface area contributed by atoms with Gasteiger partial charge in [-0.1, -0.05) is 12.1 Å². The van der Waals surface area contributed by atoms with Gasteiger partial charge in [-0.3, -0.25) is 15.6 Å². The zero-order chi connectivity index (χ0) is 20.1. The summed E-state index contributed by atoms with van der Waals surface area (Å²) in [6.07, 6.45) is 0. The molecule has 0 aliphatic carbocycles. The Kier molecular flexibility index (Phi) is 5.85. The third kappa shape index (κ3) is 4.09. The van der Waals surface area contributed by atoms with Crippen LogP contribution in [-0.2, 0) is 0 Å². The van der Waals surface area contributed by atoms with E-state index in [1.165, 1.54) is 32.7 Å². The number of phenols is 1. The highest BCUT2D eigenvalue weighted by atomic mass is 32.1. The summed E-state index contributed by atoms with van der Waals surface area (Å²) < 4.78 is 15.8. The summed E-state index contributed by atoms with van der Waals surface area (Å²) in [6.45, 7) is 0. The first kappa shape index (κ1) is 19.3. The van der Waals surface area contributed by atoms with Crippen molar-refractivity contribution >= 4 is 22.4 Å². The lowest BCUT2D eigenvalue weighted by molar-refractivity contribution is 0.0962. The van der Waals surface area contributed by atoms with Crippen LogP contribution in [0, 0.1) is 0 Å². The second-order valence-corrected chi connectivity index (χ2v) is 6.44. The number of nitrogens with zero attached hydrogens (tertiary/aromatic N) is 1. The quantitative estimate of drug-likeness (QED) is 0.522. The van der Waals surface area contributed by atoms with Gasteiger partial charge in [-0.25, -0.2) is 4.98 Å². The van der Waals surface area contributed by atoms with Crippen LogP contribution in [0.3, 0.4) is 0 Å². The first-order valence-electron chi connectivity index (χ1n) is 8.17. The normalized spacial score (nSPS) is 10.2. The van der Waals surface area contributed by atoms with Crippen molar-refractivity contribution < 1.29 is 24.1 Å². The van der Waals surface area contributed by atoms with Crippen LogP contribution in [0.15, 0.2) is 41.8 Å². The second-order valence-electron chi connectivity index (χ2n) is 5.58. The molecule has 2 aromatic carbocycles. The van der Waals surface area contributed by atoms with E-state index in [0.717, 1.165) is 5.56 Å². The summed E-state index contributed by atoms with van der Waals surface area (Å²) in [5, 5.41) is 11.9. The van der Waals surface area contributed by atoms with Gasteiger partial charge in [0.15, 0.2) is 11.5 Å². The van der Waals surface area contributed by atoms with Crippen molar-refractivity contribution in [3.05, 3.63) is 47.3 Å². The molecule has 9 heteroatoms. The number of carbonyl (C=O) groups is 1. The lowest BCUT2D eigenvalue weighted by atomic mass is 10.1. The Balaban J connectivity index is 1.72. The third-order valence-electron chi connectivity index (χ3n) is 3.86. The number of aromatic nitrogens is 1. The Bertz CT molecular complexity index is 964. The number of carbonyl (C=O) groups excluding carboxylic acids is 1. The van der Waals surface area contributed by atoms with Gasteiger partial charge in [0.1, 0.15) is 5.75 Å². The van der Waals surface area contributed by atoms with E-state index in [0.29, 0.717) is 33.6 Å². The number of ether oxygens (including phenoxy) is 3. The maximum absolute atomic E-state index is 12.5. The summed E-state index contributed by atoms with van der Waals surface area (Å²) in [6, 6.07) is 9.90. The number of anilines is 1. The number of hydrogen-bond acceptors (Lipinski definition) is 8. The van der Waals surface area contributed by atoms with Crippen molar-refractivity contribution in [2.45, 2.75) is 0 Å². The highest BCUT2D eigenvalue weighted by Crippen LogP contribution is 2.38. The number of thiazole rings is 1. The van der Waals surface area contributed by atoms with Crippen molar-refractivity contribution in [2.24, 2.45) is 0 Å². The number of rotatable bonds is 7. The Morgan fingerprint density at radius 3 is 2.39 bits per heavy atom. The first-order chi connectivity index (χ1) is 13.5. The van der Waals surface area contributed by atoms with Crippen molar-refractivity contribution in [3.8, 4) is 34.3 Å². The Labute approximate surface area is 165 Å². The molecule has 0 unspecified atom stereocenters. The number of hydrogen-bond donors (Lipinski definition) is 3. The molecule has 3 N–H and O–H groups in total. The molecule has 0 bridgehead atoms. The molecule has 0 atom stereocenters. The smallest absolute Gasteiger partial charge is 0.269 e. The summed E-state index contributed by atoms with van der Waals surface area (Å²) in [5.41, 5.74) is 7.16. The molecule has 1 aromatic heterocycles. The zero-order valence-electron chi connectivity index (χ0n) is 15.5. The van der Waals surface area contributed by atoms with Gasteiger partial charge in [0.05, 0.1) is 27.0 Å². The number of methoxy groups -OCH3 is 3. The molecule has 1 amide bonds. The van der Waals surface area contributed by atoms with Crippen LogP contribution in [-0.4, -0.2) is 37.3 Å². The van der Waals surface area contributed by atoms with Gasteiger partial charge in [0.2, 0.25) is 10.9 Å². The minimum absolute atomic E-state index is 0.163. The van der Waals surface area contributed by atoms with Gasteiger partial charge in [-0.05, 0) is 24.3 Å². The third-order valence-corrected chi connectivity index (χ3v) is 4.61. The molecule has 0 saturated carbocycles. The van der Waals surface area contributed by atoms with Crippen molar-refractivity contribution in [2.75, 3.05) is 26.8 Å². The topological polar surface area (TPSA) is 102 Å². The van der Waals surface area contributed by atoms with Gasteiger partial charge in [-0.2, -0.15) is 0 Å². The molecule has 0 saturated heterocycles. The van der Waals surface area contributed by atoms with E-state index >= 15 is 0 Å². The van der Waals surface area contributed by atoms with Crippen LogP contribution >= 0.6 is 11.3 Å². The number of phenolic OH excluding ortho intramolecular Hbond substituents is 1. The molecule has 1 heterocycles. The van der Waals surface area contributed by atoms with E-state index in [1.807, 2.05) is 11.4 Å². The predicted octanol–water partition coefficient (Wildman–Crippen LogP) is 3.30. The van der Waals surface area contributed by atoms with Crippen LogP contribution in [0.1, 0.15) is 10.4 Å². The minimum Gasteiger partial charge on any atom is -0.508 e. The van der Waals surface area contributed by atoms with Gasteiger partial charge in [0.25, 0.3) is 5.91 Å². The van der Waals surface area contributed by atoms with E-state index in [9.17, 15) is 9.90 Å². The number of amides is 1. The lowest BCUT2D eigenvalue weighted by Gasteiger charge is -2.14. The van der Waals surface area contributed by atoms with Crippen LogP contribution < -0.4 is 25.1 Å². The number of nitrogens with one attached hydrogen (secondary N) is 2. The molecular weight excluding hydrogens is 382 g/mol. The summed E-state index contributed by atoms with van der Waals surface area (Å²) in [4.78, 5) is 16.9. The maximum Gasteiger partial charge on any atom is 0.269 e. The Hall–Kier alpha value is -3.46. The molecule has 0 fully saturated rings. The Morgan fingerprint density at radius 1 is 1.07 bits per heavy atom. The highest BCUT2D eigenvalue weighted by Gasteiger charge is 2.17. The standard InChI is InChI=1S/C19H19N3O5S/c1-25-15-8-12(9-16(26-2)17(15)27-3)18(24)21-22-19-20-14(10-28-19)11-5-4-6-13(23)7-11/h4-10,23H,1-3H3,(H,20,22)(H,21,24). The second kappa shape index (κ2) is 8.49. The molecule has 0 spiro atoms. The van der Waals surface area contributed by atoms with Gasteiger partial charge in [-0.15, -0.1) is 11.3 Å². The molecule has 146 valence electrons. The Morgan fingerprint density at radius 2 is 1.79 bits per heavy atom. The van der Waals surface area contributed by atoms with Gasteiger partial charge in [0, 0.05) is 16.5 Å². The fraction of sp³-hybridized carbons (Fsp3) is 0.158. The fourth-order valence-electron chi connectivity index (χ4n) is 2.52. The number of benzene rings is 2. The average molecular weight is 401 g/mol. The van der Waals surface area contributed by atoms with E-state index in [-0.39, 0.29) is 5.75 Å². The van der Waals surface area contributed by atoms with Crippen molar-refractivity contribution in [1.82, 2.24) is 10.4 Å². The van der Waals surface area contributed by atoms with E-state index < -0.39 is 5.91 Å². The minimum atomic E-state index is -0.395. The molecule has 3 aromatic rings.